The van der Waals surface area contributed by atoms with E-state index < -0.39 is 24.0 Å². The summed E-state index contributed by atoms with van der Waals surface area (Å²) in [6.07, 6.45) is -1.17. The Bertz CT molecular complexity index is 834. The van der Waals surface area contributed by atoms with Crippen LogP contribution in [0.3, 0.4) is 0 Å². The van der Waals surface area contributed by atoms with Gasteiger partial charge in [-0.15, -0.1) is 0 Å². The monoisotopic (exact) mass is 353 g/mol. The lowest BCUT2D eigenvalue weighted by Gasteiger charge is -2.19. The SMILES string of the molecule is C[C@H](O)[C@H](NC(=O)c1ccc(C#Cc2ccc(N)cc2)cc1)C(=O)NO. The number of rotatable bonds is 4. The van der Waals surface area contributed by atoms with Gasteiger partial charge in [-0.2, -0.15) is 0 Å². The summed E-state index contributed by atoms with van der Waals surface area (Å²) >= 11 is 0. The highest BCUT2D eigenvalue weighted by atomic mass is 16.5. The number of aliphatic hydroxyl groups is 1. The minimum Gasteiger partial charge on any atom is -0.399 e. The first-order valence-corrected chi connectivity index (χ1v) is 7.81. The molecule has 0 aliphatic heterocycles. The van der Waals surface area contributed by atoms with Crippen molar-refractivity contribution in [2.45, 2.75) is 19.1 Å². The maximum absolute atomic E-state index is 12.2. The zero-order chi connectivity index (χ0) is 19.1. The molecule has 0 radical (unpaired) electrons. The molecule has 0 unspecified atom stereocenters. The smallest absolute Gasteiger partial charge is 0.268 e. The fraction of sp³-hybridized carbons (Fsp3) is 0.158. The first-order valence-electron chi connectivity index (χ1n) is 7.81. The molecule has 0 aliphatic carbocycles. The lowest BCUT2D eigenvalue weighted by Crippen LogP contribution is -2.51. The Hall–Kier alpha value is -3.34. The highest BCUT2D eigenvalue weighted by molar-refractivity contribution is 5.97. The summed E-state index contributed by atoms with van der Waals surface area (Å²) in [5, 5.41) is 20.6. The van der Waals surface area contributed by atoms with Gasteiger partial charge in [0.2, 0.25) is 0 Å². The van der Waals surface area contributed by atoms with E-state index in [9.17, 15) is 14.7 Å². The van der Waals surface area contributed by atoms with Crippen LogP contribution in [-0.2, 0) is 4.79 Å². The molecule has 26 heavy (non-hydrogen) atoms. The van der Waals surface area contributed by atoms with Gasteiger partial charge in [-0.3, -0.25) is 14.8 Å². The molecule has 0 aliphatic rings. The van der Waals surface area contributed by atoms with Gasteiger partial charge >= 0.3 is 0 Å². The molecule has 2 rings (SSSR count). The number of anilines is 1. The van der Waals surface area contributed by atoms with Crippen molar-refractivity contribution >= 4 is 17.5 Å². The molecular formula is C19H19N3O4. The zero-order valence-electron chi connectivity index (χ0n) is 14.1. The van der Waals surface area contributed by atoms with Crippen LogP contribution in [0.4, 0.5) is 5.69 Å². The van der Waals surface area contributed by atoms with Crippen molar-refractivity contribution in [1.29, 1.82) is 0 Å². The zero-order valence-corrected chi connectivity index (χ0v) is 14.1. The third kappa shape index (κ3) is 5.08. The van der Waals surface area contributed by atoms with Crippen molar-refractivity contribution in [1.82, 2.24) is 10.8 Å². The molecule has 6 N–H and O–H groups in total. The molecule has 0 saturated heterocycles. The number of benzene rings is 2. The molecule has 2 aromatic rings. The highest BCUT2D eigenvalue weighted by Gasteiger charge is 2.25. The summed E-state index contributed by atoms with van der Waals surface area (Å²) in [6, 6.07) is 12.3. The maximum atomic E-state index is 12.2. The summed E-state index contributed by atoms with van der Waals surface area (Å²) in [7, 11) is 0. The van der Waals surface area contributed by atoms with E-state index in [0.717, 1.165) is 5.56 Å². The topological polar surface area (TPSA) is 125 Å². The number of nitrogens with two attached hydrogens (primary N) is 1. The van der Waals surface area contributed by atoms with Gasteiger partial charge in [0.15, 0.2) is 0 Å². The Balaban J connectivity index is 2.08. The van der Waals surface area contributed by atoms with E-state index in [2.05, 4.69) is 17.2 Å². The van der Waals surface area contributed by atoms with Crippen LogP contribution in [0.1, 0.15) is 28.4 Å². The van der Waals surface area contributed by atoms with Crippen molar-refractivity contribution in [2.24, 2.45) is 0 Å². The van der Waals surface area contributed by atoms with E-state index in [1.54, 1.807) is 36.4 Å². The normalized spacial score (nSPS) is 12.3. The minimum atomic E-state index is -1.27. The molecule has 0 bridgehead atoms. The largest absolute Gasteiger partial charge is 0.399 e. The summed E-state index contributed by atoms with van der Waals surface area (Å²) in [4.78, 5) is 23.6. The molecule has 2 aromatic carbocycles. The van der Waals surface area contributed by atoms with Crippen LogP contribution in [0, 0.1) is 11.8 Å². The molecule has 0 fully saturated rings. The number of nitrogen functional groups attached to an aromatic ring is 1. The molecule has 7 nitrogen and oxygen atoms in total. The van der Waals surface area contributed by atoms with Crippen molar-refractivity contribution in [3.8, 4) is 11.8 Å². The van der Waals surface area contributed by atoms with Crippen molar-refractivity contribution in [3.63, 3.8) is 0 Å². The Kier molecular flexibility index (Phi) is 6.33. The quantitative estimate of drug-likeness (QED) is 0.239. The van der Waals surface area contributed by atoms with E-state index >= 15 is 0 Å². The van der Waals surface area contributed by atoms with Gasteiger partial charge in [0, 0.05) is 22.4 Å². The molecule has 7 heteroatoms. The van der Waals surface area contributed by atoms with Crippen molar-refractivity contribution in [3.05, 3.63) is 65.2 Å². The van der Waals surface area contributed by atoms with E-state index in [1.165, 1.54) is 12.4 Å². The summed E-state index contributed by atoms with van der Waals surface area (Å²) in [6.45, 7) is 1.33. The predicted octanol–water partition coefficient (Wildman–Crippen LogP) is 0.653. The lowest BCUT2D eigenvalue weighted by atomic mass is 10.1. The number of hydrogen-bond acceptors (Lipinski definition) is 5. The van der Waals surface area contributed by atoms with Gasteiger partial charge < -0.3 is 16.2 Å². The van der Waals surface area contributed by atoms with E-state index in [4.69, 9.17) is 10.9 Å². The first kappa shape index (κ1) is 19.0. The number of amides is 2. The third-order valence-electron chi connectivity index (χ3n) is 3.57. The highest BCUT2D eigenvalue weighted by Crippen LogP contribution is 2.07. The average Bonchev–Trinajstić information content (AvgIpc) is 2.65. The summed E-state index contributed by atoms with van der Waals surface area (Å²) < 4.78 is 0. The molecule has 0 spiro atoms. The van der Waals surface area contributed by atoms with Crippen LogP contribution in [0.5, 0.6) is 0 Å². The van der Waals surface area contributed by atoms with Gasteiger partial charge in [-0.25, -0.2) is 5.48 Å². The number of carbonyl (C=O) groups is 2. The molecular weight excluding hydrogens is 334 g/mol. The molecule has 2 atom stereocenters. The number of hydrogen-bond donors (Lipinski definition) is 5. The van der Waals surface area contributed by atoms with Gasteiger partial charge in [0.25, 0.3) is 11.8 Å². The number of nitrogens with one attached hydrogen (secondary N) is 2. The predicted molar refractivity (Wildman–Crippen MR) is 96.1 cm³/mol. The molecule has 2 amide bonds. The Morgan fingerprint density at radius 1 is 1.00 bits per heavy atom. The molecule has 0 aromatic heterocycles. The lowest BCUT2D eigenvalue weighted by molar-refractivity contribution is -0.133. The standard InChI is InChI=1S/C19H19N3O4/c1-12(23)17(19(25)22-26)21-18(24)15-8-4-13(5-9-15)2-3-14-6-10-16(20)11-7-14/h4-12,17,23,26H,20H2,1H3,(H,21,24)(H,22,25)/t12-,17-/m0/s1. The second-order valence-corrected chi connectivity index (χ2v) is 5.62. The van der Waals surface area contributed by atoms with Crippen LogP contribution in [0.25, 0.3) is 0 Å². The number of aliphatic hydroxyl groups excluding tert-OH is 1. The number of hydroxylamine groups is 1. The number of carbonyl (C=O) groups excluding carboxylic acids is 2. The van der Waals surface area contributed by atoms with E-state index in [-0.39, 0.29) is 0 Å². The second kappa shape index (κ2) is 8.67. The van der Waals surface area contributed by atoms with Crippen LogP contribution in [-0.4, -0.2) is 34.3 Å². The average molecular weight is 353 g/mol. The first-order chi connectivity index (χ1) is 12.4. The fourth-order valence-electron chi connectivity index (χ4n) is 2.12. The van der Waals surface area contributed by atoms with E-state index in [0.29, 0.717) is 16.8 Å². The van der Waals surface area contributed by atoms with Crippen LogP contribution in [0.2, 0.25) is 0 Å². The second-order valence-electron chi connectivity index (χ2n) is 5.62. The van der Waals surface area contributed by atoms with Crippen LogP contribution < -0.4 is 16.5 Å². The Morgan fingerprint density at radius 2 is 1.50 bits per heavy atom. The molecule has 0 saturated carbocycles. The van der Waals surface area contributed by atoms with Gasteiger partial charge in [0.1, 0.15) is 6.04 Å². The maximum Gasteiger partial charge on any atom is 0.268 e. The van der Waals surface area contributed by atoms with Crippen LogP contribution >= 0.6 is 0 Å². The third-order valence-corrected chi connectivity index (χ3v) is 3.57. The Morgan fingerprint density at radius 3 is 1.96 bits per heavy atom. The van der Waals surface area contributed by atoms with Gasteiger partial charge in [0.05, 0.1) is 6.10 Å². The van der Waals surface area contributed by atoms with Crippen LogP contribution in [0.15, 0.2) is 48.5 Å². The fourth-order valence-corrected chi connectivity index (χ4v) is 2.12. The van der Waals surface area contributed by atoms with Crippen molar-refractivity contribution < 1.29 is 19.9 Å². The molecule has 134 valence electrons. The van der Waals surface area contributed by atoms with E-state index in [1.807, 2.05) is 12.1 Å². The van der Waals surface area contributed by atoms with Crippen molar-refractivity contribution in [2.75, 3.05) is 5.73 Å². The summed E-state index contributed by atoms with van der Waals surface area (Å²) in [5.41, 5.74) is 9.50. The Labute approximate surface area is 150 Å². The summed E-state index contributed by atoms with van der Waals surface area (Å²) in [5.74, 6) is 4.50. The minimum absolute atomic E-state index is 0.291. The van der Waals surface area contributed by atoms with Gasteiger partial charge in [-0.1, -0.05) is 11.8 Å². The van der Waals surface area contributed by atoms with Gasteiger partial charge in [-0.05, 0) is 55.5 Å². The molecule has 0 heterocycles.